The Morgan fingerprint density at radius 2 is 1.83 bits per heavy atom. The Morgan fingerprint density at radius 3 is 2.39 bits per heavy atom. The second-order valence-corrected chi connectivity index (χ2v) is 13.1. The van der Waals surface area contributed by atoms with Crippen molar-refractivity contribution in [2.45, 2.75) is 96.9 Å². The first-order valence-corrected chi connectivity index (χ1v) is 11.8. The monoisotopic (exact) mass is 338 g/mol. The largest absolute Gasteiger partial charge is 0.410 e. The molecule has 0 saturated heterocycles. The summed E-state index contributed by atoms with van der Waals surface area (Å²) in [6.45, 7) is 12.8. The van der Waals surface area contributed by atoms with E-state index in [4.69, 9.17) is 4.43 Å². The van der Waals surface area contributed by atoms with Gasteiger partial charge in [-0.1, -0.05) is 33.6 Å². The van der Waals surface area contributed by atoms with Crippen molar-refractivity contribution < 1.29 is 14.0 Å². The van der Waals surface area contributed by atoms with E-state index in [0.717, 1.165) is 37.7 Å². The van der Waals surface area contributed by atoms with Gasteiger partial charge >= 0.3 is 0 Å². The average Bonchev–Trinajstić information content (AvgIpc) is 2.71. The fraction of sp³-hybridized carbons (Fsp3) is 0.789. The number of carbonyl (C=O) groups excluding carboxylic acids is 2. The van der Waals surface area contributed by atoms with Crippen LogP contribution in [0.3, 0.4) is 0 Å². The third kappa shape index (κ3) is 6.72. The van der Waals surface area contributed by atoms with E-state index in [-0.39, 0.29) is 22.7 Å². The van der Waals surface area contributed by atoms with Crippen LogP contribution in [0.5, 0.6) is 0 Å². The standard InChI is InChI=1S/C19H34O3Si/c1-15(20)11-9-7-8-10-12-16-13-17(14-18(16)21)22-23(5,6)19(2,3)4/h13,17H,7-12,14H2,1-6H3. The number of unbranched alkanes of at least 4 members (excludes halogenated alkanes) is 3. The van der Waals surface area contributed by atoms with Gasteiger partial charge in [-0.25, -0.2) is 0 Å². The highest BCUT2D eigenvalue weighted by Gasteiger charge is 2.40. The molecule has 0 aliphatic heterocycles. The van der Waals surface area contributed by atoms with Crippen LogP contribution in [0, 0.1) is 0 Å². The molecule has 0 radical (unpaired) electrons. The lowest BCUT2D eigenvalue weighted by Gasteiger charge is -2.37. The molecule has 0 aromatic carbocycles. The summed E-state index contributed by atoms with van der Waals surface area (Å²) in [6, 6.07) is 0. The van der Waals surface area contributed by atoms with Crippen LogP contribution in [-0.4, -0.2) is 26.0 Å². The molecule has 1 aliphatic rings. The van der Waals surface area contributed by atoms with Gasteiger partial charge in [0.2, 0.25) is 0 Å². The van der Waals surface area contributed by atoms with Crippen molar-refractivity contribution in [3.05, 3.63) is 11.6 Å². The van der Waals surface area contributed by atoms with Crippen LogP contribution in [0.1, 0.15) is 72.6 Å². The number of hydrogen-bond acceptors (Lipinski definition) is 3. The zero-order valence-corrected chi connectivity index (χ0v) is 16.8. The van der Waals surface area contributed by atoms with Crippen LogP contribution >= 0.6 is 0 Å². The van der Waals surface area contributed by atoms with E-state index in [2.05, 4.69) is 39.9 Å². The molecule has 0 bridgehead atoms. The van der Waals surface area contributed by atoms with Crippen molar-refractivity contribution in [2.24, 2.45) is 0 Å². The molecular formula is C19H34O3Si. The van der Waals surface area contributed by atoms with E-state index in [1.807, 2.05) is 0 Å². The molecule has 1 rings (SSSR count). The van der Waals surface area contributed by atoms with Gasteiger partial charge in [0.1, 0.15) is 5.78 Å². The summed E-state index contributed by atoms with van der Waals surface area (Å²) < 4.78 is 6.34. The molecule has 4 heteroatoms. The first-order chi connectivity index (χ1) is 10.5. The molecule has 0 aromatic rings. The van der Waals surface area contributed by atoms with E-state index >= 15 is 0 Å². The number of allylic oxidation sites excluding steroid dienone is 1. The van der Waals surface area contributed by atoms with Gasteiger partial charge in [0.25, 0.3) is 0 Å². The molecule has 0 amide bonds. The van der Waals surface area contributed by atoms with Gasteiger partial charge < -0.3 is 9.22 Å². The number of rotatable bonds is 9. The topological polar surface area (TPSA) is 43.4 Å². The SMILES string of the molecule is CC(=O)CCCCCCC1=CC(O[Si](C)(C)C(C)(C)C)CC1=O. The van der Waals surface area contributed by atoms with E-state index in [1.54, 1.807) is 6.92 Å². The third-order valence-electron chi connectivity index (χ3n) is 5.11. The summed E-state index contributed by atoms with van der Waals surface area (Å²) in [4.78, 5) is 23.0. The van der Waals surface area contributed by atoms with Gasteiger partial charge in [-0.05, 0) is 56.0 Å². The molecule has 3 nitrogen and oxygen atoms in total. The third-order valence-corrected chi connectivity index (χ3v) is 9.61. The van der Waals surface area contributed by atoms with E-state index < -0.39 is 8.32 Å². The van der Waals surface area contributed by atoms with Crippen molar-refractivity contribution in [3.63, 3.8) is 0 Å². The average molecular weight is 339 g/mol. The predicted octanol–water partition coefficient (Wildman–Crippen LogP) is 5.21. The highest BCUT2D eigenvalue weighted by Crippen LogP contribution is 2.39. The lowest BCUT2D eigenvalue weighted by atomic mass is 10.0. The van der Waals surface area contributed by atoms with Gasteiger partial charge in [0.15, 0.2) is 14.1 Å². The maximum absolute atomic E-state index is 12.2. The molecule has 0 aromatic heterocycles. The number of Topliss-reactive ketones (excluding diaryl/α,β-unsaturated/α-hetero) is 2. The lowest BCUT2D eigenvalue weighted by molar-refractivity contribution is -0.117. The van der Waals surface area contributed by atoms with Gasteiger partial charge in [0, 0.05) is 12.8 Å². The molecule has 132 valence electrons. The summed E-state index contributed by atoms with van der Waals surface area (Å²) in [7, 11) is -1.82. The molecular weight excluding hydrogens is 304 g/mol. The number of carbonyl (C=O) groups is 2. The predicted molar refractivity (Wildman–Crippen MR) is 98.2 cm³/mol. The van der Waals surface area contributed by atoms with Crippen LogP contribution < -0.4 is 0 Å². The zero-order chi connectivity index (χ0) is 17.7. The Bertz CT molecular complexity index is 458. The molecule has 0 N–H and O–H groups in total. The lowest BCUT2D eigenvalue weighted by Crippen LogP contribution is -2.43. The molecule has 1 aliphatic carbocycles. The minimum atomic E-state index is -1.82. The Hall–Kier alpha value is -0.743. The van der Waals surface area contributed by atoms with Crippen molar-refractivity contribution in [2.75, 3.05) is 0 Å². The van der Waals surface area contributed by atoms with Crippen molar-refractivity contribution in [1.82, 2.24) is 0 Å². The van der Waals surface area contributed by atoms with E-state index in [0.29, 0.717) is 12.8 Å². The van der Waals surface area contributed by atoms with Crippen LogP contribution in [-0.2, 0) is 14.0 Å². The first kappa shape index (κ1) is 20.3. The van der Waals surface area contributed by atoms with Gasteiger partial charge in [-0.3, -0.25) is 4.79 Å². The molecule has 23 heavy (non-hydrogen) atoms. The zero-order valence-electron chi connectivity index (χ0n) is 15.8. The Balaban J connectivity index is 2.39. The van der Waals surface area contributed by atoms with E-state index in [1.165, 1.54) is 0 Å². The molecule has 0 heterocycles. The highest BCUT2D eigenvalue weighted by atomic mass is 28.4. The van der Waals surface area contributed by atoms with Crippen LogP contribution in [0.2, 0.25) is 18.1 Å². The molecule has 0 fully saturated rings. The van der Waals surface area contributed by atoms with Crippen molar-refractivity contribution in [1.29, 1.82) is 0 Å². The normalized spacial score (nSPS) is 19.1. The second-order valence-electron chi connectivity index (χ2n) is 8.35. The smallest absolute Gasteiger partial charge is 0.192 e. The summed E-state index contributed by atoms with van der Waals surface area (Å²) in [5.74, 6) is 0.529. The summed E-state index contributed by atoms with van der Waals surface area (Å²) in [6.07, 6.45) is 8.28. The summed E-state index contributed by atoms with van der Waals surface area (Å²) in [5, 5.41) is 0.170. The fourth-order valence-corrected chi connectivity index (χ4v) is 3.85. The van der Waals surface area contributed by atoms with Crippen molar-refractivity contribution in [3.8, 4) is 0 Å². The van der Waals surface area contributed by atoms with Gasteiger partial charge in [-0.15, -0.1) is 0 Å². The first-order valence-electron chi connectivity index (χ1n) is 8.94. The van der Waals surface area contributed by atoms with Gasteiger partial charge in [0.05, 0.1) is 6.10 Å². The van der Waals surface area contributed by atoms with Crippen LogP contribution in [0.25, 0.3) is 0 Å². The highest BCUT2D eigenvalue weighted by molar-refractivity contribution is 6.74. The second kappa shape index (κ2) is 8.38. The summed E-state index contributed by atoms with van der Waals surface area (Å²) in [5.41, 5.74) is 0.959. The van der Waals surface area contributed by atoms with E-state index in [9.17, 15) is 9.59 Å². The number of hydrogen-bond donors (Lipinski definition) is 0. The Morgan fingerprint density at radius 1 is 1.22 bits per heavy atom. The van der Waals surface area contributed by atoms with Crippen LogP contribution in [0.4, 0.5) is 0 Å². The minimum Gasteiger partial charge on any atom is -0.410 e. The molecule has 0 spiro atoms. The van der Waals surface area contributed by atoms with Crippen LogP contribution in [0.15, 0.2) is 11.6 Å². The molecule has 1 unspecified atom stereocenters. The van der Waals surface area contributed by atoms with Gasteiger partial charge in [-0.2, -0.15) is 0 Å². The maximum atomic E-state index is 12.2. The maximum Gasteiger partial charge on any atom is 0.192 e. The quantitative estimate of drug-likeness (QED) is 0.428. The van der Waals surface area contributed by atoms with Crippen molar-refractivity contribution >= 4 is 19.9 Å². The Labute approximate surface area is 143 Å². The molecule has 0 saturated carbocycles. The summed E-state index contributed by atoms with van der Waals surface area (Å²) >= 11 is 0. The fourth-order valence-electron chi connectivity index (χ4n) is 2.59. The minimum absolute atomic E-state index is 0.0175. The number of ketones is 2. The molecule has 1 atom stereocenters. The Kier molecular flexibility index (Phi) is 7.40.